The van der Waals surface area contributed by atoms with E-state index in [1.54, 1.807) is 48.6 Å². The zero-order valence-corrected chi connectivity index (χ0v) is 32.1. The molecule has 0 radical (unpaired) electrons. The minimum atomic E-state index is 0. The van der Waals surface area contributed by atoms with E-state index in [0.717, 1.165) is 11.4 Å². The van der Waals surface area contributed by atoms with Gasteiger partial charge in [0.2, 0.25) is 0 Å². The van der Waals surface area contributed by atoms with Crippen LogP contribution in [0, 0.1) is 13.8 Å². The molecule has 0 saturated carbocycles. The number of aromatic nitrogens is 6. The second kappa shape index (κ2) is 16.9. The fraction of sp³-hybridized carbons (Fsp3) is 0.105. The molecule has 0 spiro atoms. The zero-order chi connectivity index (χ0) is 32.0. The van der Waals surface area contributed by atoms with E-state index in [4.69, 9.17) is 0 Å². The number of fused-ring (bicyclic) bond motifs is 2. The number of halogens is 2. The van der Waals surface area contributed by atoms with E-state index in [2.05, 4.69) is 144 Å². The van der Waals surface area contributed by atoms with Gasteiger partial charge in [-0.25, -0.2) is 0 Å². The van der Waals surface area contributed by atoms with Crippen LogP contribution in [0.15, 0.2) is 135 Å². The standard InChI is InChI=1S/2C18H14N3.C2H6Si.2ClH.Zr/c2*1-13-7-15-9-16(21-11-19-20-12-21)10-18(17(15)8-13)14-5-3-2-4-6-14;1-3-2;;;/h2*2-12H,1H3;1-2H3;2*1H;/q2*-1;;;;+2/p-2. The molecule has 0 N–H and O–H groups in total. The van der Waals surface area contributed by atoms with Crippen LogP contribution in [-0.2, 0) is 23.3 Å². The van der Waals surface area contributed by atoms with E-state index in [0.29, 0.717) is 0 Å². The van der Waals surface area contributed by atoms with Crippen molar-refractivity contribution in [1.82, 2.24) is 29.5 Å². The van der Waals surface area contributed by atoms with Crippen LogP contribution >= 0.6 is 0 Å². The zero-order valence-electron chi connectivity index (χ0n) is 27.1. The summed E-state index contributed by atoms with van der Waals surface area (Å²) in [5.74, 6) is 0. The van der Waals surface area contributed by atoms with Crippen molar-refractivity contribution in [2.45, 2.75) is 26.9 Å². The number of aryl methyl sites for hydroxylation is 2. The van der Waals surface area contributed by atoms with E-state index >= 15 is 0 Å². The van der Waals surface area contributed by atoms with Crippen molar-refractivity contribution in [2.75, 3.05) is 0 Å². The average molecular weight is 765 g/mol. The largest absolute Gasteiger partial charge is 1.00 e. The monoisotopic (exact) mass is 762 g/mol. The van der Waals surface area contributed by atoms with E-state index in [-0.39, 0.29) is 30.2 Å². The molecular formula is C38H34Cl2N6SiZr-2. The predicted molar refractivity (Wildman–Crippen MR) is 187 cm³/mol. The Balaban J connectivity index is 0.000000188. The third-order valence-electron chi connectivity index (χ3n) is 7.51. The van der Waals surface area contributed by atoms with Gasteiger partial charge in [0, 0.05) is 11.4 Å². The summed E-state index contributed by atoms with van der Waals surface area (Å²) in [5.41, 5.74) is 9.86. The Hall–Kier alpha value is -3.94. The predicted octanol–water partition coefficient (Wildman–Crippen LogP) is 3.02. The summed E-state index contributed by atoms with van der Waals surface area (Å²) in [6.45, 7) is 8.88. The molecule has 8 rings (SSSR count). The van der Waals surface area contributed by atoms with Gasteiger partial charge >= 0.3 is 41.9 Å². The Kier molecular flexibility index (Phi) is 13.0. The van der Waals surface area contributed by atoms with Gasteiger partial charge in [-0.1, -0.05) is 85.6 Å². The van der Waals surface area contributed by atoms with Crippen molar-refractivity contribution in [3.8, 4) is 33.6 Å². The topological polar surface area (TPSA) is 61.4 Å². The first-order valence-corrected chi connectivity index (χ1v) is 21.3. The molecule has 0 atom stereocenters. The van der Waals surface area contributed by atoms with Gasteiger partial charge in [0.05, 0.1) is 0 Å². The van der Waals surface area contributed by atoms with Crippen LogP contribution in [0.4, 0.5) is 0 Å². The Bertz CT molecular complexity index is 2050. The summed E-state index contributed by atoms with van der Waals surface area (Å²) in [7, 11) is 0. The van der Waals surface area contributed by atoms with Gasteiger partial charge in [0.1, 0.15) is 25.3 Å². The van der Waals surface area contributed by atoms with Crippen molar-refractivity contribution >= 4 is 27.0 Å². The molecule has 10 heteroatoms. The molecule has 0 bridgehead atoms. The minimum absolute atomic E-state index is 0. The Morgan fingerprint density at radius 2 is 0.875 bits per heavy atom. The maximum absolute atomic E-state index is 3.90. The van der Waals surface area contributed by atoms with Crippen LogP contribution in [-0.4, -0.2) is 35.0 Å². The quantitative estimate of drug-likeness (QED) is 0.205. The van der Waals surface area contributed by atoms with Gasteiger partial charge in [-0.15, -0.1) is 77.3 Å². The molecule has 0 aliphatic rings. The smallest absolute Gasteiger partial charge is 0.123 e. The molecule has 8 aromatic rings. The third-order valence-corrected chi connectivity index (χ3v) is 7.51. The van der Waals surface area contributed by atoms with E-state index in [1.165, 1.54) is 54.9 Å². The van der Waals surface area contributed by atoms with Crippen LogP contribution in [0.25, 0.3) is 55.2 Å². The molecule has 6 aromatic carbocycles. The summed E-state index contributed by atoms with van der Waals surface area (Å²) in [6, 6.07) is 38.6. The summed E-state index contributed by atoms with van der Waals surface area (Å²) in [6.07, 6.45) is 6.91. The van der Waals surface area contributed by atoms with Gasteiger partial charge in [-0.05, 0) is 23.3 Å². The maximum Gasteiger partial charge on any atom is 0.123 e. The average Bonchev–Trinajstić information content (AvgIpc) is 3.88. The molecule has 2 aromatic heterocycles. The molecule has 0 aliphatic carbocycles. The van der Waals surface area contributed by atoms with Crippen LogP contribution < -0.4 is 24.8 Å². The number of hydrogen-bond acceptors (Lipinski definition) is 4. The molecule has 0 fully saturated rings. The van der Waals surface area contributed by atoms with E-state index in [9.17, 15) is 0 Å². The molecule has 48 heavy (non-hydrogen) atoms. The van der Waals surface area contributed by atoms with Crippen molar-refractivity contribution in [2.24, 2.45) is 0 Å². The number of nitrogens with zero attached hydrogens (tertiary/aromatic N) is 6. The van der Waals surface area contributed by atoms with Crippen LogP contribution in [0.5, 0.6) is 0 Å². The summed E-state index contributed by atoms with van der Waals surface area (Å²) < 4.78 is 3.88. The Morgan fingerprint density at radius 1 is 0.542 bits per heavy atom. The van der Waals surface area contributed by atoms with E-state index in [1.807, 2.05) is 21.3 Å². The molecular weight excluding hydrogens is 731 g/mol. The summed E-state index contributed by atoms with van der Waals surface area (Å²) >= 11 is 1.74. The second-order valence-electron chi connectivity index (χ2n) is 11.5. The van der Waals surface area contributed by atoms with Gasteiger partial charge in [-0.3, -0.25) is 9.13 Å². The first-order chi connectivity index (χ1) is 22.4. The molecule has 0 aliphatic heterocycles. The van der Waals surface area contributed by atoms with Crippen molar-refractivity contribution in [1.29, 1.82) is 0 Å². The van der Waals surface area contributed by atoms with Crippen LogP contribution in [0.1, 0.15) is 11.1 Å². The molecule has 2 heterocycles. The fourth-order valence-corrected chi connectivity index (χ4v) is 5.59. The van der Waals surface area contributed by atoms with Crippen LogP contribution in [0.2, 0.25) is 13.1 Å². The fourth-order valence-electron chi connectivity index (χ4n) is 5.59. The number of rotatable bonds is 4. The van der Waals surface area contributed by atoms with Gasteiger partial charge in [0.25, 0.3) is 0 Å². The van der Waals surface area contributed by atoms with Crippen molar-refractivity contribution in [3.63, 3.8) is 0 Å². The number of hydrogen-bond donors (Lipinski definition) is 0. The SMILES string of the molecule is C[Si](C)=[Zr+2].Cc1cc2c(-c3ccccc3)cc(-n3cnnc3)cc2[cH-]1.Cc1cc2c(-c3ccccc3)cc(-n3cnnc3)cc2[cH-]1.[Cl-].[Cl-]. The van der Waals surface area contributed by atoms with Gasteiger partial charge in [0.15, 0.2) is 0 Å². The minimum Gasteiger partial charge on any atom is -1.00 e. The number of benzene rings is 4. The van der Waals surface area contributed by atoms with Crippen molar-refractivity contribution < 1.29 is 48.1 Å². The summed E-state index contributed by atoms with van der Waals surface area (Å²) in [4.78, 5) is 0. The first-order valence-electron chi connectivity index (χ1n) is 15.1. The van der Waals surface area contributed by atoms with Gasteiger partial charge in [-0.2, -0.15) is 12.1 Å². The molecule has 6 nitrogen and oxygen atoms in total. The Morgan fingerprint density at radius 3 is 1.21 bits per heavy atom. The molecule has 0 unspecified atom stereocenters. The normalized spacial score (nSPS) is 10.3. The van der Waals surface area contributed by atoms with E-state index < -0.39 is 0 Å². The second-order valence-corrected chi connectivity index (χ2v) is 20.9. The maximum atomic E-state index is 3.90. The molecule has 240 valence electrons. The van der Waals surface area contributed by atoms with Crippen LogP contribution in [0.3, 0.4) is 0 Å². The third kappa shape index (κ3) is 8.74. The van der Waals surface area contributed by atoms with Gasteiger partial charge < -0.3 is 24.8 Å². The molecule has 0 amide bonds. The Labute approximate surface area is 308 Å². The molecule has 0 saturated heterocycles. The van der Waals surface area contributed by atoms with Crippen molar-refractivity contribution in [3.05, 3.63) is 146 Å². The summed E-state index contributed by atoms with van der Waals surface area (Å²) in [5, 5.41) is 20.7. The first kappa shape index (κ1) is 36.9.